The number of halogens is 2. The van der Waals surface area contributed by atoms with Gasteiger partial charge in [-0.2, -0.15) is 0 Å². The molecule has 7 heteroatoms. The van der Waals surface area contributed by atoms with Crippen molar-refractivity contribution < 1.29 is 23.4 Å². The largest absolute Gasteiger partial charge is 0.508 e. The van der Waals surface area contributed by atoms with E-state index in [9.17, 15) is 18.7 Å². The smallest absolute Gasteiger partial charge is 0.194 e. The summed E-state index contributed by atoms with van der Waals surface area (Å²) in [4.78, 5) is 20.3. The summed E-state index contributed by atoms with van der Waals surface area (Å²) in [5.41, 5.74) is 2.62. The number of phenols is 1. The number of aryl methyl sites for hydroxylation is 1. The monoisotopic (exact) mass is 488 g/mol. The molecular formula is C29H26F2N2O3. The molecule has 1 aliphatic heterocycles. The molecule has 1 saturated heterocycles. The molecule has 0 unspecified atom stereocenters. The minimum atomic E-state index is -0.437. The summed E-state index contributed by atoms with van der Waals surface area (Å²) in [5, 5.41) is 10.4. The number of ether oxygens (including phenoxy) is 1. The first kappa shape index (κ1) is 23.9. The van der Waals surface area contributed by atoms with E-state index < -0.39 is 5.82 Å². The number of rotatable bonds is 8. The van der Waals surface area contributed by atoms with Crippen LogP contribution in [0.1, 0.15) is 21.5 Å². The summed E-state index contributed by atoms with van der Waals surface area (Å²) >= 11 is 0. The molecule has 5 rings (SSSR count). The van der Waals surface area contributed by atoms with Gasteiger partial charge in [0.25, 0.3) is 0 Å². The second-order valence-corrected chi connectivity index (χ2v) is 9.21. The number of carbonyl (C=O) groups is 1. The van der Waals surface area contributed by atoms with Crippen LogP contribution in [-0.4, -0.2) is 53.7 Å². The van der Waals surface area contributed by atoms with E-state index in [1.807, 2.05) is 0 Å². The van der Waals surface area contributed by atoms with Gasteiger partial charge in [-0.3, -0.25) is 19.1 Å². The van der Waals surface area contributed by atoms with E-state index in [-0.39, 0.29) is 29.7 Å². The molecule has 1 fully saturated rings. The summed E-state index contributed by atoms with van der Waals surface area (Å²) in [6.45, 7) is 4.23. The van der Waals surface area contributed by atoms with Gasteiger partial charge in [-0.05, 0) is 55.0 Å². The van der Waals surface area contributed by atoms with Crippen molar-refractivity contribution in [1.82, 2.24) is 9.88 Å². The molecule has 0 saturated carbocycles. The maximum atomic E-state index is 14.9. The third-order valence-corrected chi connectivity index (χ3v) is 6.54. The van der Waals surface area contributed by atoms with Crippen molar-refractivity contribution in [3.8, 4) is 22.6 Å². The van der Waals surface area contributed by atoms with Gasteiger partial charge in [0.05, 0.1) is 12.2 Å². The van der Waals surface area contributed by atoms with Gasteiger partial charge in [0.2, 0.25) is 0 Å². The number of aromatic hydroxyl groups is 1. The number of ketones is 1. The Morgan fingerprint density at radius 2 is 1.86 bits per heavy atom. The van der Waals surface area contributed by atoms with E-state index in [4.69, 9.17) is 4.74 Å². The Labute approximate surface area is 208 Å². The first-order chi connectivity index (χ1) is 17.4. The lowest BCUT2D eigenvalue weighted by molar-refractivity contribution is 0.0668. The molecule has 36 heavy (non-hydrogen) atoms. The van der Waals surface area contributed by atoms with Gasteiger partial charge in [0.15, 0.2) is 5.78 Å². The van der Waals surface area contributed by atoms with Crippen molar-refractivity contribution in [2.45, 2.75) is 6.92 Å². The summed E-state index contributed by atoms with van der Waals surface area (Å²) < 4.78 is 33.3. The van der Waals surface area contributed by atoms with Crippen molar-refractivity contribution >= 4 is 16.7 Å². The Morgan fingerprint density at radius 3 is 2.58 bits per heavy atom. The zero-order valence-corrected chi connectivity index (χ0v) is 19.9. The van der Waals surface area contributed by atoms with Crippen LogP contribution in [0, 0.1) is 18.7 Å². The summed E-state index contributed by atoms with van der Waals surface area (Å²) in [7, 11) is 0. The average Bonchev–Trinajstić information content (AvgIpc) is 2.85. The number of likely N-dealkylation sites (tertiary alicyclic amines) is 1. The molecule has 0 atom stereocenters. The van der Waals surface area contributed by atoms with Gasteiger partial charge in [-0.25, -0.2) is 4.39 Å². The highest BCUT2D eigenvalue weighted by molar-refractivity contribution is 6.19. The Kier molecular flexibility index (Phi) is 6.65. The van der Waals surface area contributed by atoms with Crippen LogP contribution in [0.5, 0.6) is 11.5 Å². The topological polar surface area (TPSA) is 62.7 Å². The fraction of sp³-hybridized carbons (Fsp3) is 0.241. The Hall–Kier alpha value is -3.84. The van der Waals surface area contributed by atoms with E-state index in [1.165, 1.54) is 24.4 Å². The summed E-state index contributed by atoms with van der Waals surface area (Å²) in [6.07, 6.45) is 1.48. The molecule has 1 aromatic heterocycles. The highest BCUT2D eigenvalue weighted by atomic mass is 19.1. The number of hydrogen-bond acceptors (Lipinski definition) is 5. The molecule has 5 nitrogen and oxygen atoms in total. The van der Waals surface area contributed by atoms with E-state index in [1.54, 1.807) is 49.4 Å². The minimum absolute atomic E-state index is 0.0302. The molecule has 184 valence electrons. The van der Waals surface area contributed by atoms with E-state index >= 15 is 0 Å². The van der Waals surface area contributed by atoms with E-state index in [2.05, 4.69) is 9.88 Å². The number of benzene rings is 3. The molecule has 0 radical (unpaired) electrons. The van der Waals surface area contributed by atoms with Crippen molar-refractivity contribution in [2.75, 3.05) is 32.9 Å². The quantitative estimate of drug-likeness (QED) is 0.329. The minimum Gasteiger partial charge on any atom is -0.508 e. The summed E-state index contributed by atoms with van der Waals surface area (Å²) in [6, 6.07) is 16.3. The van der Waals surface area contributed by atoms with E-state index in [0.717, 1.165) is 25.2 Å². The van der Waals surface area contributed by atoms with Crippen LogP contribution < -0.4 is 4.74 Å². The number of alkyl halides is 1. The molecule has 0 amide bonds. The van der Waals surface area contributed by atoms with Gasteiger partial charge < -0.3 is 9.84 Å². The van der Waals surface area contributed by atoms with Crippen LogP contribution in [0.4, 0.5) is 8.78 Å². The summed E-state index contributed by atoms with van der Waals surface area (Å²) in [5.74, 6) is 0.0769. The van der Waals surface area contributed by atoms with Crippen LogP contribution in [-0.2, 0) is 0 Å². The number of hydrogen-bond donors (Lipinski definition) is 1. The van der Waals surface area contributed by atoms with Gasteiger partial charge >= 0.3 is 0 Å². The molecule has 1 N–H and O–H groups in total. The number of phenolic OH excluding ortho intramolecular Hbond substituents is 1. The normalized spacial score (nSPS) is 14.1. The van der Waals surface area contributed by atoms with Crippen LogP contribution >= 0.6 is 0 Å². The maximum Gasteiger partial charge on any atom is 0.194 e. The average molecular weight is 489 g/mol. The van der Waals surface area contributed by atoms with E-state index in [0.29, 0.717) is 39.9 Å². The first-order valence-corrected chi connectivity index (χ1v) is 11.9. The second-order valence-electron chi connectivity index (χ2n) is 9.21. The van der Waals surface area contributed by atoms with Crippen molar-refractivity contribution in [2.24, 2.45) is 5.92 Å². The second kappa shape index (κ2) is 10.0. The van der Waals surface area contributed by atoms with Crippen LogP contribution in [0.25, 0.3) is 22.0 Å². The Bertz CT molecular complexity index is 1420. The van der Waals surface area contributed by atoms with Crippen LogP contribution in [0.15, 0.2) is 66.9 Å². The zero-order chi connectivity index (χ0) is 25.2. The first-order valence-electron chi connectivity index (χ1n) is 11.9. The third kappa shape index (κ3) is 4.79. The molecule has 0 bridgehead atoms. The Balaban J connectivity index is 1.43. The predicted octanol–water partition coefficient (Wildman–Crippen LogP) is 5.57. The van der Waals surface area contributed by atoms with Gasteiger partial charge in [-0.15, -0.1) is 0 Å². The highest BCUT2D eigenvalue weighted by Crippen LogP contribution is 2.34. The molecule has 0 aliphatic carbocycles. The Morgan fingerprint density at radius 1 is 1.08 bits per heavy atom. The van der Waals surface area contributed by atoms with Crippen molar-refractivity contribution in [3.05, 3.63) is 89.4 Å². The number of fused-ring (bicyclic) bond motifs is 1. The molecule has 3 aromatic carbocycles. The SMILES string of the molecule is Cc1ccc(-c2cnc3cc(O)ccc3c2C(=O)c2ccc(OCCN3CC(CF)C3)cc2)c(F)c1. The highest BCUT2D eigenvalue weighted by Gasteiger charge is 2.26. The van der Waals surface area contributed by atoms with Crippen molar-refractivity contribution in [3.63, 3.8) is 0 Å². The van der Waals surface area contributed by atoms with Crippen LogP contribution in [0.2, 0.25) is 0 Å². The molecular weight excluding hydrogens is 462 g/mol. The molecule has 1 aliphatic rings. The predicted molar refractivity (Wildman–Crippen MR) is 135 cm³/mol. The zero-order valence-electron chi connectivity index (χ0n) is 19.9. The van der Waals surface area contributed by atoms with Gasteiger partial charge in [-0.1, -0.05) is 12.1 Å². The maximum absolute atomic E-state index is 14.9. The van der Waals surface area contributed by atoms with Crippen LogP contribution in [0.3, 0.4) is 0 Å². The molecule has 4 aromatic rings. The third-order valence-electron chi connectivity index (χ3n) is 6.54. The molecule has 2 heterocycles. The fourth-order valence-corrected chi connectivity index (χ4v) is 4.57. The number of aromatic nitrogens is 1. The number of nitrogens with zero attached hydrogens (tertiary/aromatic N) is 2. The van der Waals surface area contributed by atoms with Gasteiger partial charge in [0, 0.05) is 65.5 Å². The number of pyridine rings is 1. The lowest BCUT2D eigenvalue weighted by atomic mass is 9.91. The lowest BCUT2D eigenvalue weighted by Crippen LogP contribution is -2.49. The lowest BCUT2D eigenvalue weighted by Gasteiger charge is -2.37. The standard InChI is InChI=1S/C29H26F2N2O3/c1-18-2-8-23(26(31)12-18)25-15-32-27-13-21(34)5-9-24(27)28(25)29(35)20-3-6-22(7-4-20)36-11-10-33-16-19(14-30)17-33/h2-9,12-13,15,19,34H,10-11,14,16-17H2,1H3. The fourth-order valence-electron chi connectivity index (χ4n) is 4.57. The van der Waals surface area contributed by atoms with Crippen molar-refractivity contribution in [1.29, 1.82) is 0 Å². The number of carbonyl (C=O) groups excluding carboxylic acids is 1. The van der Waals surface area contributed by atoms with Gasteiger partial charge in [0.1, 0.15) is 23.9 Å². The molecule has 0 spiro atoms.